The number of rotatable bonds is 1. The third kappa shape index (κ3) is 1.60. The number of nitriles is 1. The number of imidazole rings is 1. The van der Waals surface area contributed by atoms with Crippen molar-refractivity contribution in [3.05, 3.63) is 29.6 Å². The predicted molar refractivity (Wildman–Crippen MR) is 63.3 cm³/mol. The summed E-state index contributed by atoms with van der Waals surface area (Å²) in [6.07, 6.45) is 2.05. The maximum Gasteiger partial charge on any atom is 0.139 e. The summed E-state index contributed by atoms with van der Waals surface area (Å²) in [6, 6.07) is 7.60. The Morgan fingerprint density at radius 1 is 1.53 bits per heavy atom. The van der Waals surface area contributed by atoms with E-state index in [4.69, 9.17) is 10.00 Å². The fraction of sp³-hybridized carbons (Fsp3) is 0.385. The number of aromatic nitrogens is 2. The Kier molecular flexibility index (Phi) is 2.17. The van der Waals surface area contributed by atoms with Gasteiger partial charge in [-0.1, -0.05) is 0 Å². The molecule has 1 fully saturated rings. The smallest absolute Gasteiger partial charge is 0.139 e. The van der Waals surface area contributed by atoms with Gasteiger partial charge in [0.25, 0.3) is 0 Å². The van der Waals surface area contributed by atoms with Crippen LogP contribution in [0.1, 0.15) is 31.2 Å². The van der Waals surface area contributed by atoms with Crippen molar-refractivity contribution >= 4 is 11.0 Å². The van der Waals surface area contributed by atoms with Crippen LogP contribution in [0, 0.1) is 11.3 Å². The van der Waals surface area contributed by atoms with E-state index in [0.29, 0.717) is 5.56 Å². The number of nitrogens with zero attached hydrogens (tertiary/aromatic N) is 2. The second-order valence-corrected chi connectivity index (χ2v) is 4.61. The number of H-pyrrole nitrogens is 1. The molecule has 0 radical (unpaired) electrons. The van der Waals surface area contributed by atoms with E-state index >= 15 is 0 Å². The summed E-state index contributed by atoms with van der Waals surface area (Å²) < 4.78 is 5.75. The molecule has 0 bridgehead atoms. The van der Waals surface area contributed by atoms with Crippen molar-refractivity contribution in [2.75, 3.05) is 6.61 Å². The minimum Gasteiger partial charge on any atom is -0.367 e. The summed E-state index contributed by atoms with van der Waals surface area (Å²) >= 11 is 0. The molecule has 4 heteroatoms. The van der Waals surface area contributed by atoms with Gasteiger partial charge in [0, 0.05) is 6.61 Å². The fourth-order valence-corrected chi connectivity index (χ4v) is 2.30. The molecule has 2 heterocycles. The van der Waals surface area contributed by atoms with Crippen molar-refractivity contribution in [3.63, 3.8) is 0 Å². The number of hydrogen-bond acceptors (Lipinski definition) is 3. The molecule has 1 aromatic carbocycles. The zero-order valence-electron chi connectivity index (χ0n) is 9.66. The van der Waals surface area contributed by atoms with Crippen LogP contribution >= 0.6 is 0 Å². The van der Waals surface area contributed by atoms with Gasteiger partial charge in [-0.2, -0.15) is 5.26 Å². The van der Waals surface area contributed by atoms with Gasteiger partial charge in [-0.15, -0.1) is 0 Å². The molecule has 3 rings (SSSR count). The maximum atomic E-state index is 8.86. The van der Waals surface area contributed by atoms with Crippen molar-refractivity contribution in [1.29, 1.82) is 5.26 Å². The number of benzene rings is 1. The monoisotopic (exact) mass is 227 g/mol. The van der Waals surface area contributed by atoms with Gasteiger partial charge in [0.15, 0.2) is 0 Å². The Hall–Kier alpha value is -1.86. The van der Waals surface area contributed by atoms with Gasteiger partial charge in [-0.3, -0.25) is 0 Å². The van der Waals surface area contributed by atoms with Crippen LogP contribution in [0.3, 0.4) is 0 Å². The number of ether oxygens (including phenoxy) is 1. The molecule has 1 aliphatic heterocycles. The molecule has 1 atom stereocenters. The number of nitrogens with one attached hydrogen (secondary N) is 1. The Morgan fingerprint density at radius 3 is 3.12 bits per heavy atom. The molecule has 4 nitrogen and oxygen atoms in total. The molecule has 0 amide bonds. The van der Waals surface area contributed by atoms with Crippen LogP contribution in [0.5, 0.6) is 0 Å². The molecule has 1 N–H and O–H groups in total. The second-order valence-electron chi connectivity index (χ2n) is 4.61. The summed E-state index contributed by atoms with van der Waals surface area (Å²) in [5.74, 6) is 0.861. The average Bonchev–Trinajstić information content (AvgIpc) is 2.94. The van der Waals surface area contributed by atoms with Gasteiger partial charge in [-0.25, -0.2) is 4.98 Å². The van der Waals surface area contributed by atoms with Crippen molar-refractivity contribution in [1.82, 2.24) is 9.97 Å². The van der Waals surface area contributed by atoms with E-state index in [1.807, 2.05) is 12.1 Å². The highest BCUT2D eigenvalue weighted by Gasteiger charge is 2.34. The van der Waals surface area contributed by atoms with Crippen LogP contribution in [0.4, 0.5) is 0 Å². The summed E-state index contributed by atoms with van der Waals surface area (Å²) in [7, 11) is 0. The van der Waals surface area contributed by atoms with E-state index in [9.17, 15) is 0 Å². The highest BCUT2D eigenvalue weighted by atomic mass is 16.5. The molecule has 0 saturated carbocycles. The van der Waals surface area contributed by atoms with Gasteiger partial charge in [0.2, 0.25) is 0 Å². The summed E-state index contributed by atoms with van der Waals surface area (Å²) in [5.41, 5.74) is 2.13. The van der Waals surface area contributed by atoms with Crippen LogP contribution in [0.2, 0.25) is 0 Å². The predicted octanol–water partition coefficient (Wildman–Crippen LogP) is 2.46. The van der Waals surface area contributed by atoms with E-state index in [2.05, 4.69) is 23.0 Å². The Balaban J connectivity index is 2.10. The molecule has 1 saturated heterocycles. The Labute approximate surface area is 99.2 Å². The third-order valence-electron chi connectivity index (χ3n) is 3.33. The van der Waals surface area contributed by atoms with E-state index in [1.165, 1.54) is 0 Å². The van der Waals surface area contributed by atoms with Crippen LogP contribution in [0.15, 0.2) is 18.2 Å². The van der Waals surface area contributed by atoms with Gasteiger partial charge < -0.3 is 9.72 Å². The Bertz CT molecular complexity index is 603. The lowest BCUT2D eigenvalue weighted by Gasteiger charge is -2.19. The Morgan fingerprint density at radius 2 is 2.41 bits per heavy atom. The number of fused-ring (bicyclic) bond motifs is 1. The first-order valence-corrected chi connectivity index (χ1v) is 5.76. The lowest BCUT2D eigenvalue weighted by molar-refractivity contribution is 0.0103. The summed E-state index contributed by atoms with van der Waals surface area (Å²) in [5, 5.41) is 8.86. The largest absolute Gasteiger partial charge is 0.367 e. The van der Waals surface area contributed by atoms with E-state index in [0.717, 1.165) is 36.3 Å². The van der Waals surface area contributed by atoms with Gasteiger partial charge in [-0.05, 0) is 38.0 Å². The minimum atomic E-state index is -0.300. The summed E-state index contributed by atoms with van der Waals surface area (Å²) in [4.78, 5) is 7.82. The lowest BCUT2D eigenvalue weighted by atomic mass is 10.0. The van der Waals surface area contributed by atoms with Crippen LogP contribution in [-0.4, -0.2) is 16.6 Å². The third-order valence-corrected chi connectivity index (χ3v) is 3.33. The van der Waals surface area contributed by atoms with E-state index in [-0.39, 0.29) is 5.60 Å². The normalized spacial score (nSPS) is 24.0. The lowest BCUT2D eigenvalue weighted by Crippen LogP contribution is -2.21. The van der Waals surface area contributed by atoms with Gasteiger partial charge >= 0.3 is 0 Å². The zero-order valence-corrected chi connectivity index (χ0v) is 9.66. The zero-order chi connectivity index (χ0) is 11.9. The minimum absolute atomic E-state index is 0.300. The number of hydrogen-bond donors (Lipinski definition) is 1. The molecule has 1 aliphatic rings. The van der Waals surface area contributed by atoms with Crippen LogP contribution in [-0.2, 0) is 10.3 Å². The molecule has 86 valence electrons. The van der Waals surface area contributed by atoms with Crippen LogP contribution < -0.4 is 0 Å². The average molecular weight is 227 g/mol. The van der Waals surface area contributed by atoms with Crippen molar-refractivity contribution in [2.24, 2.45) is 0 Å². The second kappa shape index (κ2) is 3.57. The van der Waals surface area contributed by atoms with Crippen molar-refractivity contribution in [3.8, 4) is 6.07 Å². The molecule has 1 unspecified atom stereocenters. The molecule has 0 aliphatic carbocycles. The molecular formula is C13H13N3O. The standard InChI is InChI=1S/C13H13N3O/c1-13(5-2-6-17-13)12-15-10-4-3-9(8-14)7-11(10)16-12/h3-4,7H,2,5-6H2,1H3,(H,15,16). The van der Waals surface area contributed by atoms with Gasteiger partial charge in [0.1, 0.15) is 11.4 Å². The van der Waals surface area contributed by atoms with Crippen molar-refractivity contribution < 1.29 is 4.74 Å². The van der Waals surface area contributed by atoms with E-state index in [1.54, 1.807) is 6.07 Å². The first kappa shape index (κ1) is 10.3. The highest BCUT2D eigenvalue weighted by Crippen LogP contribution is 2.34. The van der Waals surface area contributed by atoms with Gasteiger partial charge in [0.05, 0.1) is 22.7 Å². The molecule has 1 aromatic heterocycles. The van der Waals surface area contributed by atoms with Crippen LogP contribution in [0.25, 0.3) is 11.0 Å². The topological polar surface area (TPSA) is 61.7 Å². The van der Waals surface area contributed by atoms with E-state index < -0.39 is 0 Å². The SMILES string of the molecule is CC1(c2nc3ccc(C#N)cc3[nH]2)CCCO1. The first-order valence-electron chi connectivity index (χ1n) is 5.76. The molecule has 0 spiro atoms. The number of aromatic amines is 1. The molecule has 2 aromatic rings. The maximum absolute atomic E-state index is 8.86. The highest BCUT2D eigenvalue weighted by molar-refractivity contribution is 5.76. The first-order chi connectivity index (χ1) is 8.21. The summed E-state index contributed by atoms with van der Waals surface area (Å²) in [6.45, 7) is 2.85. The molecular weight excluding hydrogens is 214 g/mol. The fourth-order valence-electron chi connectivity index (χ4n) is 2.30. The quantitative estimate of drug-likeness (QED) is 0.814. The molecule has 17 heavy (non-hydrogen) atoms. The van der Waals surface area contributed by atoms with Crippen molar-refractivity contribution in [2.45, 2.75) is 25.4 Å².